The standard InChI is InChI=1S/C19H22N2O5S/c1-26-15-6-4-5-14(11-15)12-19(23)20-17-13-16(7-8-18(17)22)27(24,25)21-9-2-3-10-21/h4-8,11,13,22H,2-3,9-10,12H2,1H3,(H,20,23). The molecule has 1 aliphatic rings. The molecule has 0 saturated carbocycles. The zero-order chi connectivity index (χ0) is 19.4. The number of nitrogens with one attached hydrogen (secondary N) is 1. The van der Waals surface area contributed by atoms with Gasteiger partial charge in [0, 0.05) is 13.1 Å². The van der Waals surface area contributed by atoms with Crippen molar-refractivity contribution in [3.8, 4) is 11.5 Å². The van der Waals surface area contributed by atoms with Crippen molar-refractivity contribution in [1.82, 2.24) is 4.31 Å². The van der Waals surface area contributed by atoms with Gasteiger partial charge >= 0.3 is 0 Å². The number of methoxy groups -OCH3 is 1. The number of anilines is 1. The Morgan fingerprint density at radius 1 is 1.19 bits per heavy atom. The van der Waals surface area contributed by atoms with Gasteiger partial charge in [-0.2, -0.15) is 4.31 Å². The fourth-order valence-corrected chi connectivity index (χ4v) is 4.56. The van der Waals surface area contributed by atoms with E-state index in [4.69, 9.17) is 4.74 Å². The minimum atomic E-state index is -3.63. The molecule has 2 N–H and O–H groups in total. The second kappa shape index (κ2) is 7.98. The van der Waals surface area contributed by atoms with Crippen LogP contribution in [-0.4, -0.2) is 43.9 Å². The average molecular weight is 390 g/mol. The molecule has 2 aromatic rings. The van der Waals surface area contributed by atoms with Gasteiger partial charge in [0.15, 0.2) is 0 Å². The maximum Gasteiger partial charge on any atom is 0.243 e. The Hall–Kier alpha value is -2.58. The number of phenolic OH excluding ortho intramolecular Hbond substituents is 1. The highest BCUT2D eigenvalue weighted by atomic mass is 32.2. The summed E-state index contributed by atoms with van der Waals surface area (Å²) >= 11 is 0. The zero-order valence-corrected chi connectivity index (χ0v) is 15.8. The van der Waals surface area contributed by atoms with E-state index in [0.717, 1.165) is 18.4 Å². The van der Waals surface area contributed by atoms with Crippen molar-refractivity contribution in [3.05, 3.63) is 48.0 Å². The van der Waals surface area contributed by atoms with Crippen molar-refractivity contribution >= 4 is 21.6 Å². The molecular weight excluding hydrogens is 368 g/mol. The predicted molar refractivity (Wildman–Crippen MR) is 101 cm³/mol. The molecule has 1 fully saturated rings. The summed E-state index contributed by atoms with van der Waals surface area (Å²) in [5.74, 6) is 0.0884. The van der Waals surface area contributed by atoms with E-state index in [1.807, 2.05) is 0 Å². The number of rotatable bonds is 6. The minimum Gasteiger partial charge on any atom is -0.506 e. The van der Waals surface area contributed by atoms with Gasteiger partial charge in [-0.1, -0.05) is 12.1 Å². The Balaban J connectivity index is 1.77. The minimum absolute atomic E-state index is 0.0545. The highest BCUT2D eigenvalue weighted by molar-refractivity contribution is 7.89. The summed E-state index contributed by atoms with van der Waals surface area (Å²) in [4.78, 5) is 12.4. The molecule has 7 nitrogen and oxygen atoms in total. The van der Waals surface area contributed by atoms with Gasteiger partial charge in [0.2, 0.25) is 15.9 Å². The number of aromatic hydroxyl groups is 1. The van der Waals surface area contributed by atoms with Crippen LogP contribution in [-0.2, 0) is 21.2 Å². The average Bonchev–Trinajstić information content (AvgIpc) is 3.19. The highest BCUT2D eigenvalue weighted by Gasteiger charge is 2.27. The molecule has 144 valence electrons. The third kappa shape index (κ3) is 4.40. The lowest BCUT2D eigenvalue weighted by molar-refractivity contribution is -0.115. The van der Waals surface area contributed by atoms with Crippen LogP contribution >= 0.6 is 0 Å². The van der Waals surface area contributed by atoms with E-state index in [2.05, 4.69) is 5.32 Å². The van der Waals surface area contributed by atoms with Gasteiger partial charge in [-0.15, -0.1) is 0 Å². The van der Waals surface area contributed by atoms with Crippen LogP contribution in [0.25, 0.3) is 0 Å². The topological polar surface area (TPSA) is 95.9 Å². The lowest BCUT2D eigenvalue weighted by Crippen LogP contribution is -2.28. The normalized spacial score (nSPS) is 14.9. The lowest BCUT2D eigenvalue weighted by Gasteiger charge is -2.16. The highest BCUT2D eigenvalue weighted by Crippen LogP contribution is 2.29. The number of nitrogens with zero attached hydrogens (tertiary/aromatic N) is 1. The van der Waals surface area contributed by atoms with Crippen LogP contribution in [0, 0.1) is 0 Å². The summed E-state index contributed by atoms with van der Waals surface area (Å²) in [7, 11) is -2.08. The summed E-state index contributed by atoms with van der Waals surface area (Å²) in [6.07, 6.45) is 1.74. The van der Waals surface area contributed by atoms with Crippen molar-refractivity contribution < 1.29 is 23.1 Å². The molecule has 0 spiro atoms. The molecule has 0 aliphatic carbocycles. The van der Waals surface area contributed by atoms with Crippen molar-refractivity contribution in [2.24, 2.45) is 0 Å². The first kappa shape index (κ1) is 19.2. The SMILES string of the molecule is COc1cccc(CC(=O)Nc2cc(S(=O)(=O)N3CCCC3)ccc2O)c1. The molecule has 1 saturated heterocycles. The summed E-state index contributed by atoms with van der Waals surface area (Å²) in [6, 6.07) is 11.0. The fourth-order valence-electron chi connectivity index (χ4n) is 3.02. The smallest absolute Gasteiger partial charge is 0.243 e. The second-order valence-corrected chi connectivity index (χ2v) is 8.30. The van der Waals surface area contributed by atoms with Gasteiger partial charge in [0.25, 0.3) is 0 Å². The van der Waals surface area contributed by atoms with Crippen LogP contribution in [0.2, 0.25) is 0 Å². The third-order valence-corrected chi connectivity index (χ3v) is 6.34. The molecule has 2 aromatic carbocycles. The quantitative estimate of drug-likeness (QED) is 0.738. The van der Waals surface area contributed by atoms with Crippen molar-refractivity contribution in [2.45, 2.75) is 24.2 Å². The summed E-state index contributed by atoms with van der Waals surface area (Å²) in [5, 5.41) is 12.6. The van der Waals surface area contributed by atoms with Crippen LogP contribution < -0.4 is 10.1 Å². The van der Waals surface area contributed by atoms with Gasteiger partial charge in [-0.25, -0.2) is 8.42 Å². The molecule has 1 amide bonds. The van der Waals surface area contributed by atoms with Crippen LogP contribution in [0.4, 0.5) is 5.69 Å². The number of sulfonamides is 1. The van der Waals surface area contributed by atoms with E-state index < -0.39 is 10.0 Å². The third-order valence-electron chi connectivity index (χ3n) is 4.44. The molecule has 0 aromatic heterocycles. The van der Waals surface area contributed by atoms with Crippen molar-refractivity contribution in [2.75, 3.05) is 25.5 Å². The molecule has 0 bridgehead atoms. The Morgan fingerprint density at radius 2 is 1.93 bits per heavy atom. The first-order valence-corrected chi connectivity index (χ1v) is 10.1. The maximum absolute atomic E-state index is 12.7. The van der Waals surface area contributed by atoms with Crippen molar-refractivity contribution in [1.29, 1.82) is 0 Å². The monoisotopic (exact) mass is 390 g/mol. The van der Waals surface area contributed by atoms with E-state index in [-0.39, 0.29) is 28.7 Å². The number of amides is 1. The Morgan fingerprint density at radius 3 is 2.63 bits per heavy atom. The molecule has 0 radical (unpaired) electrons. The van der Waals surface area contributed by atoms with Gasteiger partial charge in [0.1, 0.15) is 11.5 Å². The van der Waals surface area contributed by atoms with Crippen LogP contribution in [0.15, 0.2) is 47.4 Å². The van der Waals surface area contributed by atoms with Gasteiger partial charge in [0.05, 0.1) is 24.1 Å². The molecule has 3 rings (SSSR count). The van der Waals surface area contributed by atoms with Gasteiger partial charge in [-0.3, -0.25) is 4.79 Å². The molecule has 1 aliphatic heterocycles. The summed E-state index contributed by atoms with van der Waals surface area (Å²) < 4.78 is 31.9. The second-order valence-electron chi connectivity index (χ2n) is 6.37. The number of carbonyl (C=O) groups is 1. The first-order chi connectivity index (χ1) is 12.9. The number of benzene rings is 2. The number of ether oxygens (including phenoxy) is 1. The Labute approximate surface area is 158 Å². The molecule has 8 heteroatoms. The van der Waals surface area contributed by atoms with Crippen LogP contribution in [0.1, 0.15) is 18.4 Å². The molecule has 0 atom stereocenters. The summed E-state index contributed by atoms with van der Waals surface area (Å²) in [5.41, 5.74) is 0.815. The van der Waals surface area contributed by atoms with E-state index >= 15 is 0 Å². The van der Waals surface area contributed by atoms with E-state index in [0.29, 0.717) is 18.8 Å². The maximum atomic E-state index is 12.7. The van der Waals surface area contributed by atoms with Crippen molar-refractivity contribution in [3.63, 3.8) is 0 Å². The Kier molecular flexibility index (Phi) is 5.67. The number of carbonyl (C=O) groups excluding carboxylic acids is 1. The van der Waals surface area contributed by atoms with E-state index in [9.17, 15) is 18.3 Å². The lowest BCUT2D eigenvalue weighted by atomic mass is 10.1. The van der Waals surface area contributed by atoms with E-state index in [1.165, 1.54) is 22.5 Å². The van der Waals surface area contributed by atoms with Crippen LogP contribution in [0.3, 0.4) is 0 Å². The van der Waals surface area contributed by atoms with Gasteiger partial charge in [-0.05, 0) is 48.7 Å². The Bertz CT molecular complexity index is 937. The zero-order valence-electron chi connectivity index (χ0n) is 15.0. The molecule has 1 heterocycles. The largest absolute Gasteiger partial charge is 0.506 e. The molecule has 0 unspecified atom stereocenters. The fraction of sp³-hybridized carbons (Fsp3) is 0.316. The summed E-state index contributed by atoms with van der Waals surface area (Å²) in [6.45, 7) is 0.974. The number of hydrogen-bond donors (Lipinski definition) is 2. The molecule has 27 heavy (non-hydrogen) atoms. The number of phenols is 1. The first-order valence-electron chi connectivity index (χ1n) is 8.66. The predicted octanol–water partition coefficient (Wildman–Crippen LogP) is 2.37. The number of hydrogen-bond acceptors (Lipinski definition) is 5. The molecular formula is C19H22N2O5S. The van der Waals surface area contributed by atoms with E-state index in [1.54, 1.807) is 31.4 Å². The van der Waals surface area contributed by atoms with Crippen LogP contribution in [0.5, 0.6) is 11.5 Å². The van der Waals surface area contributed by atoms with Gasteiger partial charge < -0.3 is 15.2 Å².